The maximum absolute atomic E-state index is 12.9. The molecule has 0 aromatic heterocycles. The molecule has 10 heteroatoms. The summed E-state index contributed by atoms with van der Waals surface area (Å²) in [6, 6.07) is 10.3. The third-order valence-corrected chi connectivity index (χ3v) is 6.54. The molecule has 0 bridgehead atoms. The van der Waals surface area contributed by atoms with Gasteiger partial charge in [-0.3, -0.25) is 15.0 Å². The number of nitrogens with one attached hydrogen (secondary N) is 1. The fourth-order valence-corrected chi connectivity index (χ4v) is 4.86. The monoisotopic (exact) mass is 598 g/mol. The van der Waals surface area contributed by atoms with E-state index in [1.165, 1.54) is 0 Å². The van der Waals surface area contributed by atoms with Crippen molar-refractivity contribution < 1.29 is 23.8 Å². The summed E-state index contributed by atoms with van der Waals surface area (Å²) in [5.41, 5.74) is 3.73. The lowest BCUT2D eigenvalue weighted by Gasteiger charge is -2.16. The second-order valence-electron chi connectivity index (χ2n) is 6.80. The quantitative estimate of drug-likeness (QED) is 0.247. The minimum atomic E-state index is -0.444. The number of amides is 2. The van der Waals surface area contributed by atoms with Crippen LogP contribution in [0.15, 0.2) is 41.3 Å². The predicted octanol–water partition coefficient (Wildman–Crippen LogP) is 5.03. The summed E-state index contributed by atoms with van der Waals surface area (Å²) in [6.07, 6.45) is 2.61. The molecule has 0 spiro atoms. The molecular weight excluding hydrogens is 575 g/mol. The molecule has 1 heterocycles. The SMILES string of the molecule is CCCOc1c(I)cc(/C=C2\SC(=S)N(NC(=O)c3ccc(OC)cc3)C2=O)cc1OCC. The van der Waals surface area contributed by atoms with Crippen LogP contribution >= 0.6 is 46.6 Å². The number of thiocarbonyl (C=S) groups is 1. The van der Waals surface area contributed by atoms with E-state index in [0.717, 1.165) is 32.3 Å². The van der Waals surface area contributed by atoms with Gasteiger partial charge in [0.1, 0.15) is 5.75 Å². The van der Waals surface area contributed by atoms with Crippen molar-refractivity contribution in [1.82, 2.24) is 10.4 Å². The molecule has 1 aliphatic heterocycles. The van der Waals surface area contributed by atoms with Gasteiger partial charge in [0.25, 0.3) is 11.8 Å². The molecular formula is C23H23IN2O5S2. The van der Waals surface area contributed by atoms with Crippen molar-refractivity contribution >= 4 is 68.8 Å². The Balaban J connectivity index is 1.80. The van der Waals surface area contributed by atoms with Gasteiger partial charge < -0.3 is 14.2 Å². The number of ether oxygens (including phenoxy) is 3. The molecule has 174 valence electrons. The van der Waals surface area contributed by atoms with E-state index in [-0.39, 0.29) is 4.32 Å². The first-order valence-corrected chi connectivity index (χ1v) is 12.5. The number of hydrogen-bond donors (Lipinski definition) is 1. The van der Waals surface area contributed by atoms with Crippen LogP contribution in [0, 0.1) is 3.57 Å². The van der Waals surface area contributed by atoms with E-state index in [9.17, 15) is 9.59 Å². The zero-order chi connectivity index (χ0) is 24.0. The Labute approximate surface area is 215 Å². The Morgan fingerprint density at radius 1 is 1.21 bits per heavy atom. The van der Waals surface area contributed by atoms with Crippen LogP contribution < -0.4 is 19.6 Å². The van der Waals surface area contributed by atoms with E-state index in [1.807, 2.05) is 26.0 Å². The Morgan fingerprint density at radius 2 is 1.94 bits per heavy atom. The summed E-state index contributed by atoms with van der Waals surface area (Å²) in [6.45, 7) is 5.01. The summed E-state index contributed by atoms with van der Waals surface area (Å²) in [5, 5.41) is 1.09. The normalized spacial score (nSPS) is 14.5. The average molecular weight is 598 g/mol. The highest BCUT2D eigenvalue weighted by Gasteiger charge is 2.34. The minimum absolute atomic E-state index is 0.246. The number of methoxy groups -OCH3 is 1. The molecule has 2 aromatic carbocycles. The van der Waals surface area contributed by atoms with Crippen molar-refractivity contribution in [1.29, 1.82) is 0 Å². The molecule has 3 rings (SSSR count). The Kier molecular flexibility index (Phi) is 8.98. The lowest BCUT2D eigenvalue weighted by Crippen LogP contribution is -2.44. The third-order valence-electron chi connectivity index (χ3n) is 4.44. The van der Waals surface area contributed by atoms with Crippen LogP contribution in [0.3, 0.4) is 0 Å². The maximum Gasteiger partial charge on any atom is 0.285 e. The summed E-state index contributed by atoms with van der Waals surface area (Å²) < 4.78 is 17.8. The highest BCUT2D eigenvalue weighted by atomic mass is 127. The molecule has 33 heavy (non-hydrogen) atoms. The van der Waals surface area contributed by atoms with Gasteiger partial charge in [0, 0.05) is 5.56 Å². The van der Waals surface area contributed by atoms with Gasteiger partial charge in [-0.25, -0.2) is 0 Å². The van der Waals surface area contributed by atoms with E-state index < -0.39 is 11.8 Å². The minimum Gasteiger partial charge on any atom is -0.497 e. The summed E-state index contributed by atoms with van der Waals surface area (Å²) in [7, 11) is 1.55. The highest BCUT2D eigenvalue weighted by Crippen LogP contribution is 2.37. The topological polar surface area (TPSA) is 77.1 Å². The molecule has 0 unspecified atom stereocenters. The summed E-state index contributed by atoms with van der Waals surface area (Å²) in [4.78, 5) is 25.9. The number of carbonyl (C=O) groups is 2. The van der Waals surface area contributed by atoms with Gasteiger partial charge in [-0.2, -0.15) is 5.01 Å². The molecule has 2 aromatic rings. The molecule has 2 amide bonds. The molecule has 1 saturated heterocycles. The first-order chi connectivity index (χ1) is 15.9. The van der Waals surface area contributed by atoms with Gasteiger partial charge >= 0.3 is 0 Å². The molecule has 1 fully saturated rings. The smallest absolute Gasteiger partial charge is 0.285 e. The summed E-state index contributed by atoms with van der Waals surface area (Å²) in [5.74, 6) is 1.10. The first-order valence-electron chi connectivity index (χ1n) is 10.2. The van der Waals surface area contributed by atoms with E-state index >= 15 is 0 Å². The van der Waals surface area contributed by atoms with Crippen LogP contribution in [0.5, 0.6) is 17.2 Å². The van der Waals surface area contributed by atoms with Gasteiger partial charge in [0.15, 0.2) is 15.8 Å². The zero-order valence-corrected chi connectivity index (χ0v) is 22.1. The molecule has 0 aliphatic carbocycles. The number of thioether (sulfide) groups is 1. The summed E-state index contributed by atoms with van der Waals surface area (Å²) >= 11 is 8.64. The third kappa shape index (κ3) is 6.18. The second kappa shape index (κ2) is 11.7. The zero-order valence-electron chi connectivity index (χ0n) is 18.3. The van der Waals surface area contributed by atoms with Crippen molar-refractivity contribution in [3.8, 4) is 17.2 Å². The molecule has 1 N–H and O–H groups in total. The Hall–Kier alpha value is -2.31. The van der Waals surface area contributed by atoms with Crippen molar-refractivity contribution in [2.24, 2.45) is 0 Å². The number of hydrazine groups is 1. The molecule has 0 saturated carbocycles. The van der Waals surface area contributed by atoms with Gasteiger partial charge in [-0.15, -0.1) is 0 Å². The number of halogens is 1. The van der Waals surface area contributed by atoms with E-state index in [1.54, 1.807) is 37.5 Å². The van der Waals surface area contributed by atoms with Crippen molar-refractivity contribution in [2.75, 3.05) is 20.3 Å². The van der Waals surface area contributed by atoms with Gasteiger partial charge in [0.2, 0.25) is 0 Å². The molecule has 0 atom stereocenters. The van der Waals surface area contributed by atoms with E-state index in [4.69, 9.17) is 26.4 Å². The van der Waals surface area contributed by atoms with Crippen molar-refractivity contribution in [3.05, 3.63) is 56.0 Å². The molecule has 0 radical (unpaired) electrons. The fourth-order valence-electron chi connectivity index (χ4n) is 2.90. The molecule has 7 nitrogen and oxygen atoms in total. The number of rotatable bonds is 9. The highest BCUT2D eigenvalue weighted by molar-refractivity contribution is 14.1. The molecule has 1 aliphatic rings. The van der Waals surface area contributed by atoms with Crippen molar-refractivity contribution in [2.45, 2.75) is 20.3 Å². The van der Waals surface area contributed by atoms with Gasteiger partial charge in [-0.05, 0) is 96.2 Å². The van der Waals surface area contributed by atoms with Crippen LogP contribution in [0.1, 0.15) is 36.2 Å². The standard InChI is InChI=1S/C23H23IN2O5S2/c1-4-10-31-20-17(24)11-14(12-18(20)30-5-2)13-19-22(28)26(23(32)33-19)25-21(27)15-6-8-16(29-3)9-7-15/h6-9,11-13H,4-5,10H2,1-3H3,(H,25,27)/b19-13-. The van der Waals surface area contributed by atoms with Crippen LogP contribution in [-0.2, 0) is 4.79 Å². The van der Waals surface area contributed by atoms with E-state index in [2.05, 4.69) is 28.0 Å². The lowest BCUT2D eigenvalue weighted by atomic mass is 10.2. The van der Waals surface area contributed by atoms with E-state index in [0.29, 0.717) is 40.9 Å². The van der Waals surface area contributed by atoms with Crippen LogP contribution in [0.4, 0.5) is 0 Å². The predicted molar refractivity (Wildman–Crippen MR) is 142 cm³/mol. The number of benzene rings is 2. The van der Waals surface area contributed by atoms with Gasteiger partial charge in [-0.1, -0.05) is 18.7 Å². The number of carbonyl (C=O) groups excluding carboxylic acids is 2. The van der Waals surface area contributed by atoms with Crippen molar-refractivity contribution in [3.63, 3.8) is 0 Å². The largest absolute Gasteiger partial charge is 0.497 e. The first kappa shape index (κ1) is 25.3. The fraction of sp³-hybridized carbons (Fsp3) is 0.261. The van der Waals surface area contributed by atoms with Crippen LogP contribution in [-0.4, -0.2) is 41.5 Å². The second-order valence-corrected chi connectivity index (χ2v) is 9.64. The maximum atomic E-state index is 12.9. The average Bonchev–Trinajstić information content (AvgIpc) is 3.06. The number of hydrogen-bond acceptors (Lipinski definition) is 7. The number of nitrogens with zero attached hydrogens (tertiary/aromatic N) is 1. The van der Waals surface area contributed by atoms with Gasteiger partial charge in [0.05, 0.1) is 28.8 Å². The van der Waals surface area contributed by atoms with Crippen LogP contribution in [0.2, 0.25) is 0 Å². The van der Waals surface area contributed by atoms with Crippen LogP contribution in [0.25, 0.3) is 6.08 Å². The Morgan fingerprint density at radius 3 is 2.58 bits per heavy atom. The lowest BCUT2D eigenvalue weighted by molar-refractivity contribution is -0.123. The Bertz CT molecular complexity index is 1090.